The SMILES string of the molecule is CCB1O[C@](C)(c2ccccc2)C2CCCN12. The van der Waals surface area contributed by atoms with Crippen LogP contribution in [0.1, 0.15) is 32.3 Å². The van der Waals surface area contributed by atoms with Gasteiger partial charge >= 0.3 is 7.05 Å². The highest BCUT2D eigenvalue weighted by Gasteiger charge is 2.53. The van der Waals surface area contributed by atoms with Gasteiger partial charge in [0, 0.05) is 6.04 Å². The molecule has 0 aliphatic carbocycles. The quantitative estimate of drug-likeness (QED) is 0.723. The molecule has 0 radical (unpaired) electrons. The normalized spacial score (nSPS) is 33.1. The molecule has 2 aliphatic heterocycles. The first-order chi connectivity index (χ1) is 8.25. The number of hydrogen-bond donors (Lipinski definition) is 0. The largest absolute Gasteiger partial charge is 0.410 e. The maximum absolute atomic E-state index is 6.38. The highest BCUT2D eigenvalue weighted by atomic mass is 16.5. The highest BCUT2D eigenvalue weighted by Crippen LogP contribution is 2.44. The van der Waals surface area contributed by atoms with Crippen molar-refractivity contribution in [3.8, 4) is 0 Å². The number of benzene rings is 1. The highest BCUT2D eigenvalue weighted by molar-refractivity contribution is 6.49. The second-order valence-corrected chi connectivity index (χ2v) is 5.35. The topological polar surface area (TPSA) is 12.5 Å². The average molecular weight is 229 g/mol. The van der Waals surface area contributed by atoms with Crippen LogP contribution in [0.25, 0.3) is 0 Å². The van der Waals surface area contributed by atoms with Crippen molar-refractivity contribution in [3.05, 3.63) is 35.9 Å². The molecule has 2 nitrogen and oxygen atoms in total. The van der Waals surface area contributed by atoms with Crippen LogP contribution in [-0.4, -0.2) is 24.4 Å². The second kappa shape index (κ2) is 4.15. The lowest BCUT2D eigenvalue weighted by atomic mass is 9.78. The summed E-state index contributed by atoms with van der Waals surface area (Å²) in [6.07, 6.45) is 3.66. The minimum atomic E-state index is -0.113. The third-order valence-corrected chi connectivity index (χ3v) is 4.38. The lowest BCUT2D eigenvalue weighted by Gasteiger charge is -2.31. The van der Waals surface area contributed by atoms with Crippen molar-refractivity contribution in [1.82, 2.24) is 4.81 Å². The predicted molar refractivity (Wildman–Crippen MR) is 70.8 cm³/mol. The molecule has 1 aromatic carbocycles. The molecule has 17 heavy (non-hydrogen) atoms. The first-order valence-corrected chi connectivity index (χ1v) is 6.75. The first-order valence-electron chi connectivity index (χ1n) is 6.75. The lowest BCUT2D eigenvalue weighted by Crippen LogP contribution is -2.38. The summed E-state index contributed by atoms with van der Waals surface area (Å²) in [5.41, 5.74) is 1.21. The molecular formula is C14H20BNO. The van der Waals surface area contributed by atoms with Crippen LogP contribution < -0.4 is 0 Å². The Kier molecular flexibility index (Phi) is 2.76. The molecule has 0 spiro atoms. The molecule has 2 saturated heterocycles. The van der Waals surface area contributed by atoms with E-state index >= 15 is 0 Å². The van der Waals surface area contributed by atoms with Crippen molar-refractivity contribution in [2.45, 2.75) is 44.7 Å². The van der Waals surface area contributed by atoms with Crippen molar-refractivity contribution in [3.63, 3.8) is 0 Å². The molecule has 3 heteroatoms. The van der Waals surface area contributed by atoms with Gasteiger partial charge in [-0.2, -0.15) is 0 Å². The summed E-state index contributed by atoms with van der Waals surface area (Å²) in [7, 11) is 0.313. The first kappa shape index (κ1) is 11.3. The Labute approximate surface area is 104 Å². The van der Waals surface area contributed by atoms with Crippen LogP contribution >= 0.6 is 0 Å². The Morgan fingerprint density at radius 3 is 2.88 bits per heavy atom. The van der Waals surface area contributed by atoms with E-state index in [1.807, 2.05) is 0 Å². The molecule has 1 unspecified atom stereocenters. The molecule has 2 aliphatic rings. The maximum Gasteiger partial charge on any atom is 0.383 e. The van der Waals surface area contributed by atoms with Gasteiger partial charge in [-0.3, -0.25) is 0 Å². The van der Waals surface area contributed by atoms with Gasteiger partial charge in [-0.25, -0.2) is 0 Å². The third-order valence-electron chi connectivity index (χ3n) is 4.38. The summed E-state index contributed by atoms with van der Waals surface area (Å²) in [5, 5.41) is 0. The van der Waals surface area contributed by atoms with Gasteiger partial charge in [0.25, 0.3) is 0 Å². The fourth-order valence-corrected chi connectivity index (χ4v) is 3.50. The zero-order valence-electron chi connectivity index (χ0n) is 10.7. The summed E-state index contributed by atoms with van der Waals surface area (Å²) in [6, 6.07) is 11.3. The van der Waals surface area contributed by atoms with Crippen molar-refractivity contribution in [2.75, 3.05) is 6.54 Å². The summed E-state index contributed by atoms with van der Waals surface area (Å²) in [4.78, 5) is 2.56. The Hall–Kier alpha value is -0.795. The molecule has 90 valence electrons. The van der Waals surface area contributed by atoms with Crippen LogP contribution in [0.3, 0.4) is 0 Å². The molecular weight excluding hydrogens is 209 g/mol. The van der Waals surface area contributed by atoms with Gasteiger partial charge in [-0.05, 0) is 38.2 Å². The molecule has 0 saturated carbocycles. The van der Waals surface area contributed by atoms with Crippen LogP contribution in [-0.2, 0) is 10.3 Å². The molecule has 2 atom stereocenters. The molecule has 3 rings (SSSR count). The van der Waals surface area contributed by atoms with E-state index in [1.165, 1.54) is 24.9 Å². The Morgan fingerprint density at radius 1 is 1.41 bits per heavy atom. The molecule has 1 aromatic rings. The lowest BCUT2D eigenvalue weighted by molar-refractivity contribution is 0.0806. The van der Waals surface area contributed by atoms with Gasteiger partial charge < -0.3 is 9.47 Å². The van der Waals surface area contributed by atoms with E-state index in [2.05, 4.69) is 49.0 Å². The van der Waals surface area contributed by atoms with Crippen molar-refractivity contribution >= 4 is 7.05 Å². The summed E-state index contributed by atoms with van der Waals surface area (Å²) in [5.74, 6) is 0. The van der Waals surface area contributed by atoms with Crippen LogP contribution in [0, 0.1) is 0 Å². The van der Waals surface area contributed by atoms with Gasteiger partial charge in [-0.1, -0.05) is 37.3 Å². The second-order valence-electron chi connectivity index (χ2n) is 5.35. The molecule has 2 fully saturated rings. The van der Waals surface area contributed by atoms with E-state index in [-0.39, 0.29) is 5.60 Å². The van der Waals surface area contributed by atoms with Crippen LogP contribution in [0.2, 0.25) is 6.32 Å². The van der Waals surface area contributed by atoms with Gasteiger partial charge in [0.05, 0.1) is 5.60 Å². The molecule has 0 aromatic heterocycles. The Morgan fingerprint density at radius 2 is 2.18 bits per heavy atom. The fraction of sp³-hybridized carbons (Fsp3) is 0.571. The van der Waals surface area contributed by atoms with Gasteiger partial charge in [0.15, 0.2) is 0 Å². The monoisotopic (exact) mass is 229 g/mol. The smallest absolute Gasteiger partial charge is 0.383 e. The van der Waals surface area contributed by atoms with Crippen LogP contribution in [0.4, 0.5) is 0 Å². The minimum Gasteiger partial charge on any atom is -0.410 e. The average Bonchev–Trinajstić information content (AvgIpc) is 2.94. The van der Waals surface area contributed by atoms with Crippen molar-refractivity contribution < 1.29 is 4.65 Å². The molecule has 2 heterocycles. The Balaban J connectivity index is 1.97. The molecule has 0 bridgehead atoms. The minimum absolute atomic E-state index is 0.113. The maximum atomic E-state index is 6.38. The number of fused-ring (bicyclic) bond motifs is 1. The summed E-state index contributed by atoms with van der Waals surface area (Å²) >= 11 is 0. The van der Waals surface area contributed by atoms with E-state index in [4.69, 9.17) is 4.65 Å². The number of nitrogens with zero attached hydrogens (tertiary/aromatic N) is 1. The number of hydrogen-bond acceptors (Lipinski definition) is 2. The van der Waals surface area contributed by atoms with Gasteiger partial charge in [0.1, 0.15) is 0 Å². The summed E-state index contributed by atoms with van der Waals surface area (Å²) in [6.45, 7) is 5.68. The van der Waals surface area contributed by atoms with E-state index in [0.717, 1.165) is 6.32 Å². The van der Waals surface area contributed by atoms with E-state index < -0.39 is 0 Å². The predicted octanol–water partition coefficient (Wildman–Crippen LogP) is 2.90. The fourth-order valence-electron chi connectivity index (χ4n) is 3.50. The van der Waals surface area contributed by atoms with Crippen molar-refractivity contribution in [1.29, 1.82) is 0 Å². The third kappa shape index (κ3) is 1.64. The number of rotatable bonds is 2. The summed E-state index contributed by atoms with van der Waals surface area (Å²) < 4.78 is 6.38. The van der Waals surface area contributed by atoms with E-state index in [9.17, 15) is 0 Å². The van der Waals surface area contributed by atoms with Crippen LogP contribution in [0.15, 0.2) is 30.3 Å². The van der Waals surface area contributed by atoms with Crippen LogP contribution in [0.5, 0.6) is 0 Å². The zero-order valence-corrected chi connectivity index (χ0v) is 10.7. The Bertz CT molecular complexity index is 396. The van der Waals surface area contributed by atoms with Gasteiger partial charge in [0.2, 0.25) is 0 Å². The zero-order chi connectivity index (χ0) is 11.9. The van der Waals surface area contributed by atoms with E-state index in [0.29, 0.717) is 13.1 Å². The van der Waals surface area contributed by atoms with E-state index in [1.54, 1.807) is 0 Å². The van der Waals surface area contributed by atoms with Crippen molar-refractivity contribution in [2.24, 2.45) is 0 Å². The molecule has 0 amide bonds. The van der Waals surface area contributed by atoms with Gasteiger partial charge in [-0.15, -0.1) is 0 Å². The standard InChI is InChI=1S/C14H20BNO/c1-3-15-16-11-7-10-13(16)14(2,17-15)12-8-5-4-6-9-12/h4-6,8-9,13H,3,7,10-11H2,1-2H3/t13?,14-/m1/s1. The molecule has 0 N–H and O–H groups in total.